The van der Waals surface area contributed by atoms with E-state index in [9.17, 15) is 0 Å². The van der Waals surface area contributed by atoms with E-state index in [0.29, 0.717) is 17.2 Å². The number of rotatable bonds is 5. The maximum absolute atomic E-state index is 5.23. The molecule has 0 N–H and O–H groups in total. The van der Waals surface area contributed by atoms with Gasteiger partial charge in [-0.3, -0.25) is 9.68 Å². The monoisotopic (exact) mass is 213 g/mol. The van der Waals surface area contributed by atoms with Gasteiger partial charge in [0.1, 0.15) is 5.69 Å². The van der Waals surface area contributed by atoms with Crippen molar-refractivity contribution in [2.24, 2.45) is 0 Å². The summed E-state index contributed by atoms with van der Waals surface area (Å²) in [5.74, 6) is 1.18. The van der Waals surface area contributed by atoms with Crippen LogP contribution in [0.2, 0.25) is 0 Å². The van der Waals surface area contributed by atoms with E-state index in [1.54, 1.807) is 26.4 Å². The Bertz CT molecular complexity index is 312. The predicted molar refractivity (Wildman–Crippen MR) is 56.0 cm³/mol. The van der Waals surface area contributed by atoms with E-state index in [0.717, 1.165) is 0 Å². The Balaban J connectivity index is 3.15. The third-order valence-electron chi connectivity index (χ3n) is 1.91. The molecule has 0 bridgehead atoms. The minimum Gasteiger partial charge on any atom is -0.493 e. The molecule has 0 aliphatic rings. The molecule has 1 rings (SSSR count). The Kier molecular flexibility index (Phi) is 4.20. The van der Waals surface area contributed by atoms with Crippen LogP contribution in [0.15, 0.2) is 18.2 Å². The third-order valence-corrected chi connectivity index (χ3v) is 1.91. The molecule has 0 heterocycles. The van der Waals surface area contributed by atoms with E-state index in [1.807, 2.05) is 6.07 Å². The predicted octanol–water partition coefficient (Wildman–Crippen LogP) is 1.63. The maximum atomic E-state index is 5.23. The quantitative estimate of drug-likeness (QED) is 0.695. The largest absolute Gasteiger partial charge is 0.493 e. The average molecular weight is 213 g/mol. The Labute approximate surface area is 89.0 Å². The van der Waals surface area contributed by atoms with Crippen LogP contribution in [0.3, 0.4) is 0 Å². The second-order valence-corrected chi connectivity index (χ2v) is 2.63. The molecule has 0 saturated carbocycles. The Morgan fingerprint density at radius 3 is 2.07 bits per heavy atom. The lowest BCUT2D eigenvalue weighted by molar-refractivity contribution is -0.0442. The molecule has 0 aliphatic heterocycles. The summed E-state index contributed by atoms with van der Waals surface area (Å²) in [6, 6.07) is 5.42. The van der Waals surface area contributed by atoms with E-state index in [2.05, 4.69) is 0 Å². The van der Waals surface area contributed by atoms with Crippen LogP contribution in [0.1, 0.15) is 0 Å². The molecule has 0 unspecified atom stereocenters. The number of nitrogens with zero attached hydrogens (tertiary/aromatic N) is 1. The van der Waals surface area contributed by atoms with Gasteiger partial charge >= 0.3 is 0 Å². The lowest BCUT2D eigenvalue weighted by atomic mass is 10.3. The Hall–Kier alpha value is -1.46. The number of anilines is 1. The van der Waals surface area contributed by atoms with Gasteiger partial charge in [0, 0.05) is 0 Å². The van der Waals surface area contributed by atoms with Gasteiger partial charge in [-0.25, -0.2) is 0 Å². The fraction of sp³-hybridized carbons (Fsp3) is 0.400. The van der Waals surface area contributed by atoms with Crippen molar-refractivity contribution in [1.29, 1.82) is 0 Å². The number of para-hydroxylation sites is 1. The molecule has 0 aliphatic carbocycles. The van der Waals surface area contributed by atoms with Gasteiger partial charge in [0.25, 0.3) is 0 Å². The summed E-state index contributed by atoms with van der Waals surface area (Å²) < 4.78 is 10.4. The SMILES string of the molecule is COc1cccc(N(OC)OC)c1OC. The number of ether oxygens (including phenoxy) is 2. The second kappa shape index (κ2) is 5.43. The van der Waals surface area contributed by atoms with Gasteiger partial charge in [-0.2, -0.15) is 0 Å². The van der Waals surface area contributed by atoms with Crippen molar-refractivity contribution in [3.8, 4) is 11.5 Å². The van der Waals surface area contributed by atoms with Crippen molar-refractivity contribution in [3.05, 3.63) is 18.2 Å². The molecule has 0 atom stereocenters. The van der Waals surface area contributed by atoms with Gasteiger partial charge in [-0.05, 0) is 12.1 Å². The molecule has 1 aromatic rings. The third kappa shape index (κ3) is 2.31. The van der Waals surface area contributed by atoms with Gasteiger partial charge in [0.15, 0.2) is 11.5 Å². The number of hydrogen-bond donors (Lipinski definition) is 0. The minimum absolute atomic E-state index is 0.559. The van der Waals surface area contributed by atoms with Gasteiger partial charge in [-0.1, -0.05) is 6.07 Å². The molecular weight excluding hydrogens is 198 g/mol. The van der Waals surface area contributed by atoms with E-state index in [-0.39, 0.29) is 0 Å². The highest BCUT2D eigenvalue weighted by Crippen LogP contribution is 2.37. The molecule has 0 amide bonds. The number of hydrogen-bond acceptors (Lipinski definition) is 5. The van der Waals surface area contributed by atoms with Crippen molar-refractivity contribution in [2.45, 2.75) is 0 Å². The number of methoxy groups -OCH3 is 2. The van der Waals surface area contributed by atoms with Crippen LogP contribution < -0.4 is 14.7 Å². The van der Waals surface area contributed by atoms with Gasteiger partial charge in [-0.15, -0.1) is 5.23 Å². The van der Waals surface area contributed by atoms with Gasteiger partial charge < -0.3 is 9.47 Å². The van der Waals surface area contributed by atoms with E-state index in [1.165, 1.54) is 19.4 Å². The standard InChI is InChI=1S/C10H15NO4/c1-12-9-7-5-6-8(10(9)13-2)11(14-3)15-4/h5-7H,1-4H3. The molecule has 0 aromatic heterocycles. The zero-order valence-electron chi connectivity index (χ0n) is 9.31. The lowest BCUT2D eigenvalue weighted by Crippen LogP contribution is -2.20. The summed E-state index contributed by atoms with van der Waals surface area (Å²) >= 11 is 0. The fourth-order valence-corrected chi connectivity index (χ4v) is 1.29. The summed E-state index contributed by atoms with van der Waals surface area (Å²) in [6.07, 6.45) is 0. The molecule has 5 nitrogen and oxygen atoms in total. The van der Waals surface area contributed by atoms with E-state index >= 15 is 0 Å². The van der Waals surface area contributed by atoms with Crippen molar-refractivity contribution < 1.29 is 19.1 Å². The first-order valence-corrected chi connectivity index (χ1v) is 4.37. The molecule has 5 heteroatoms. The highest BCUT2D eigenvalue weighted by Gasteiger charge is 2.15. The highest BCUT2D eigenvalue weighted by molar-refractivity contribution is 5.62. The summed E-state index contributed by atoms with van der Waals surface area (Å²) in [4.78, 5) is 10.0. The zero-order valence-corrected chi connectivity index (χ0v) is 9.31. The molecule has 15 heavy (non-hydrogen) atoms. The molecule has 0 saturated heterocycles. The van der Waals surface area contributed by atoms with Crippen LogP contribution >= 0.6 is 0 Å². The highest BCUT2D eigenvalue weighted by atomic mass is 16.9. The van der Waals surface area contributed by atoms with Crippen LogP contribution in [-0.4, -0.2) is 28.4 Å². The second-order valence-electron chi connectivity index (χ2n) is 2.63. The van der Waals surface area contributed by atoms with E-state index < -0.39 is 0 Å². The van der Waals surface area contributed by atoms with Crippen LogP contribution in [0, 0.1) is 0 Å². The Morgan fingerprint density at radius 1 is 0.933 bits per heavy atom. The fourth-order valence-electron chi connectivity index (χ4n) is 1.29. The van der Waals surface area contributed by atoms with Crippen molar-refractivity contribution >= 4 is 5.69 Å². The van der Waals surface area contributed by atoms with Crippen molar-refractivity contribution in [1.82, 2.24) is 0 Å². The first-order valence-electron chi connectivity index (χ1n) is 4.37. The summed E-state index contributed by atoms with van der Waals surface area (Å²) in [7, 11) is 6.14. The van der Waals surface area contributed by atoms with Gasteiger partial charge in [0.2, 0.25) is 0 Å². The first kappa shape index (κ1) is 11.6. The molecule has 1 aromatic carbocycles. The van der Waals surface area contributed by atoms with Crippen LogP contribution in [-0.2, 0) is 9.68 Å². The van der Waals surface area contributed by atoms with Gasteiger partial charge in [0.05, 0.1) is 28.4 Å². The normalized spacial score (nSPS) is 9.87. The molecular formula is C10H15NO4. The molecule has 0 fully saturated rings. The zero-order chi connectivity index (χ0) is 11.3. The van der Waals surface area contributed by atoms with E-state index in [4.69, 9.17) is 19.1 Å². The topological polar surface area (TPSA) is 40.2 Å². The average Bonchev–Trinajstić information content (AvgIpc) is 2.30. The van der Waals surface area contributed by atoms with Crippen molar-refractivity contribution in [3.63, 3.8) is 0 Å². The van der Waals surface area contributed by atoms with Crippen LogP contribution in [0.4, 0.5) is 5.69 Å². The molecule has 84 valence electrons. The minimum atomic E-state index is 0.559. The summed E-state index contributed by atoms with van der Waals surface area (Å²) in [5.41, 5.74) is 0.641. The Morgan fingerprint density at radius 2 is 1.60 bits per heavy atom. The number of benzene rings is 1. The smallest absolute Gasteiger partial charge is 0.189 e. The van der Waals surface area contributed by atoms with Crippen molar-refractivity contribution in [2.75, 3.05) is 33.7 Å². The van der Waals surface area contributed by atoms with Crippen LogP contribution in [0.25, 0.3) is 0 Å². The molecule has 0 radical (unpaired) electrons. The van der Waals surface area contributed by atoms with Crippen LogP contribution in [0.5, 0.6) is 11.5 Å². The summed E-state index contributed by atoms with van der Waals surface area (Å²) in [6.45, 7) is 0. The maximum Gasteiger partial charge on any atom is 0.189 e. The first-order chi connectivity index (χ1) is 7.28. The summed E-state index contributed by atoms with van der Waals surface area (Å²) in [5, 5.41) is 1.24. The molecule has 0 spiro atoms. The lowest BCUT2D eigenvalue weighted by Gasteiger charge is -2.21.